The molecule has 28 heavy (non-hydrogen) atoms. The highest BCUT2D eigenvalue weighted by atomic mass is 35.5. The van der Waals surface area contributed by atoms with Gasteiger partial charge in [0.25, 0.3) is 0 Å². The Kier molecular flexibility index (Phi) is 5.44. The van der Waals surface area contributed by atoms with E-state index in [4.69, 9.17) is 16.0 Å². The molecule has 1 heterocycles. The number of amides is 1. The van der Waals surface area contributed by atoms with Crippen LogP contribution in [0.2, 0.25) is 5.02 Å². The molecule has 1 aliphatic rings. The number of rotatable bonds is 7. The summed E-state index contributed by atoms with van der Waals surface area (Å²) in [6.07, 6.45) is 3.29. The first kappa shape index (κ1) is 18.7. The van der Waals surface area contributed by atoms with Gasteiger partial charge in [-0.2, -0.15) is 0 Å². The SMILES string of the molecule is Cc1ccc(CCC(=O)N(Cc2nnc(-c3ccc(Cl)cc3)o2)C2CC2)cc1. The predicted molar refractivity (Wildman–Crippen MR) is 108 cm³/mol. The van der Waals surface area contributed by atoms with Crippen molar-refractivity contribution in [2.24, 2.45) is 0 Å². The van der Waals surface area contributed by atoms with Crippen molar-refractivity contribution in [2.45, 2.75) is 45.2 Å². The normalized spacial score (nSPS) is 13.5. The van der Waals surface area contributed by atoms with E-state index in [1.54, 1.807) is 12.1 Å². The first-order chi connectivity index (χ1) is 13.6. The van der Waals surface area contributed by atoms with Gasteiger partial charge in [0.05, 0.1) is 6.54 Å². The molecule has 4 rings (SSSR count). The summed E-state index contributed by atoms with van der Waals surface area (Å²) in [5.74, 6) is 1.03. The van der Waals surface area contributed by atoms with E-state index in [9.17, 15) is 4.79 Å². The van der Waals surface area contributed by atoms with Crippen LogP contribution in [0.4, 0.5) is 0 Å². The Morgan fingerprint density at radius 2 is 1.82 bits per heavy atom. The van der Waals surface area contributed by atoms with Gasteiger partial charge >= 0.3 is 0 Å². The Bertz CT molecular complexity index is 947. The number of benzene rings is 2. The lowest BCUT2D eigenvalue weighted by Gasteiger charge is -2.20. The molecule has 5 nitrogen and oxygen atoms in total. The van der Waals surface area contributed by atoms with E-state index in [0.29, 0.717) is 29.8 Å². The zero-order valence-corrected chi connectivity index (χ0v) is 16.5. The molecule has 0 radical (unpaired) electrons. The Balaban J connectivity index is 1.40. The van der Waals surface area contributed by atoms with E-state index in [2.05, 4.69) is 41.4 Å². The number of carbonyl (C=O) groups is 1. The molecule has 0 saturated heterocycles. The van der Waals surface area contributed by atoms with Crippen molar-refractivity contribution in [1.82, 2.24) is 15.1 Å². The molecule has 0 bridgehead atoms. The maximum atomic E-state index is 12.8. The van der Waals surface area contributed by atoms with Gasteiger partial charge in [-0.25, -0.2) is 0 Å². The van der Waals surface area contributed by atoms with Crippen LogP contribution in [0.25, 0.3) is 11.5 Å². The van der Waals surface area contributed by atoms with Crippen LogP contribution in [0.15, 0.2) is 52.9 Å². The van der Waals surface area contributed by atoms with Crippen LogP contribution in [0, 0.1) is 6.92 Å². The average molecular weight is 396 g/mol. The molecule has 1 saturated carbocycles. The number of aryl methyl sites for hydroxylation is 2. The molecule has 0 atom stereocenters. The summed E-state index contributed by atoms with van der Waals surface area (Å²) >= 11 is 5.92. The van der Waals surface area contributed by atoms with Gasteiger partial charge in [0.15, 0.2) is 0 Å². The second-order valence-electron chi connectivity index (χ2n) is 7.25. The number of hydrogen-bond acceptors (Lipinski definition) is 4. The van der Waals surface area contributed by atoms with E-state index in [-0.39, 0.29) is 11.9 Å². The van der Waals surface area contributed by atoms with Crippen LogP contribution < -0.4 is 0 Å². The van der Waals surface area contributed by atoms with Crippen molar-refractivity contribution in [3.8, 4) is 11.5 Å². The van der Waals surface area contributed by atoms with E-state index < -0.39 is 0 Å². The predicted octanol–water partition coefficient (Wildman–Crippen LogP) is 4.82. The van der Waals surface area contributed by atoms with Crippen molar-refractivity contribution in [3.63, 3.8) is 0 Å². The summed E-state index contributed by atoms with van der Waals surface area (Å²) < 4.78 is 5.78. The molecular formula is C22H22ClN3O2. The molecule has 1 amide bonds. The van der Waals surface area contributed by atoms with Crippen molar-refractivity contribution in [3.05, 3.63) is 70.6 Å². The van der Waals surface area contributed by atoms with Crippen LogP contribution in [0.5, 0.6) is 0 Å². The zero-order valence-electron chi connectivity index (χ0n) is 15.8. The van der Waals surface area contributed by atoms with E-state index in [1.807, 2.05) is 17.0 Å². The third-order valence-corrected chi connectivity index (χ3v) is 5.17. The Morgan fingerprint density at radius 1 is 1.11 bits per heavy atom. The topological polar surface area (TPSA) is 59.2 Å². The number of nitrogens with zero attached hydrogens (tertiary/aromatic N) is 3. The number of hydrogen-bond donors (Lipinski definition) is 0. The lowest BCUT2D eigenvalue weighted by Crippen LogP contribution is -2.32. The average Bonchev–Trinajstić information content (AvgIpc) is 3.44. The lowest BCUT2D eigenvalue weighted by molar-refractivity contribution is -0.132. The minimum atomic E-state index is 0.134. The zero-order chi connectivity index (χ0) is 19.5. The maximum absolute atomic E-state index is 12.8. The van der Waals surface area contributed by atoms with Crippen molar-refractivity contribution in [1.29, 1.82) is 0 Å². The lowest BCUT2D eigenvalue weighted by atomic mass is 10.1. The number of aromatic nitrogens is 2. The van der Waals surface area contributed by atoms with E-state index >= 15 is 0 Å². The molecule has 1 aliphatic carbocycles. The molecule has 6 heteroatoms. The highest BCUT2D eigenvalue weighted by molar-refractivity contribution is 6.30. The van der Waals surface area contributed by atoms with Crippen LogP contribution in [0.1, 0.15) is 36.3 Å². The largest absolute Gasteiger partial charge is 0.419 e. The standard InChI is InChI=1S/C22H22ClN3O2/c1-15-2-4-16(5-3-15)6-13-21(27)26(19-11-12-19)14-20-24-25-22(28-20)17-7-9-18(23)10-8-17/h2-5,7-10,19H,6,11-14H2,1H3. The second kappa shape index (κ2) is 8.15. The minimum Gasteiger partial charge on any atom is -0.419 e. The second-order valence-corrected chi connectivity index (χ2v) is 7.68. The fourth-order valence-corrected chi connectivity index (χ4v) is 3.26. The molecule has 0 N–H and O–H groups in total. The molecule has 3 aromatic rings. The van der Waals surface area contributed by atoms with E-state index in [1.165, 1.54) is 11.1 Å². The molecule has 1 aromatic heterocycles. The molecule has 144 valence electrons. The molecular weight excluding hydrogens is 374 g/mol. The highest BCUT2D eigenvalue weighted by Crippen LogP contribution is 2.29. The summed E-state index contributed by atoms with van der Waals surface area (Å²) in [7, 11) is 0. The maximum Gasteiger partial charge on any atom is 0.247 e. The summed E-state index contributed by atoms with van der Waals surface area (Å²) in [4.78, 5) is 14.7. The van der Waals surface area contributed by atoms with Crippen LogP contribution >= 0.6 is 11.6 Å². The quantitative estimate of drug-likeness (QED) is 0.575. The van der Waals surface area contributed by atoms with Gasteiger partial charge in [-0.15, -0.1) is 10.2 Å². The van der Waals surface area contributed by atoms with Gasteiger partial charge in [-0.1, -0.05) is 41.4 Å². The molecule has 0 unspecified atom stereocenters. The smallest absolute Gasteiger partial charge is 0.247 e. The number of carbonyl (C=O) groups excluding carboxylic acids is 1. The summed E-state index contributed by atoms with van der Waals surface area (Å²) in [5, 5.41) is 8.90. The van der Waals surface area contributed by atoms with Gasteiger partial charge in [0, 0.05) is 23.0 Å². The Hall–Kier alpha value is -2.66. The van der Waals surface area contributed by atoms with Gasteiger partial charge in [-0.3, -0.25) is 4.79 Å². The van der Waals surface area contributed by atoms with Gasteiger partial charge in [-0.05, 0) is 56.0 Å². The van der Waals surface area contributed by atoms with Crippen molar-refractivity contribution >= 4 is 17.5 Å². The summed E-state index contributed by atoms with van der Waals surface area (Å²) in [6.45, 7) is 2.42. The molecule has 0 spiro atoms. The Morgan fingerprint density at radius 3 is 2.50 bits per heavy atom. The van der Waals surface area contributed by atoms with Crippen LogP contribution in [0.3, 0.4) is 0 Å². The highest BCUT2D eigenvalue weighted by Gasteiger charge is 2.33. The van der Waals surface area contributed by atoms with E-state index in [0.717, 1.165) is 24.8 Å². The fourth-order valence-electron chi connectivity index (χ4n) is 3.13. The van der Waals surface area contributed by atoms with Crippen molar-refractivity contribution < 1.29 is 9.21 Å². The van der Waals surface area contributed by atoms with Gasteiger partial charge < -0.3 is 9.32 Å². The first-order valence-corrected chi connectivity index (χ1v) is 9.89. The Labute approximate surface area is 169 Å². The number of halogens is 1. The van der Waals surface area contributed by atoms with Gasteiger partial charge in [0.1, 0.15) is 0 Å². The first-order valence-electron chi connectivity index (χ1n) is 9.52. The fraction of sp³-hybridized carbons (Fsp3) is 0.318. The molecule has 2 aromatic carbocycles. The third-order valence-electron chi connectivity index (χ3n) is 4.92. The van der Waals surface area contributed by atoms with Crippen LogP contribution in [-0.2, 0) is 17.8 Å². The minimum absolute atomic E-state index is 0.134. The monoisotopic (exact) mass is 395 g/mol. The third kappa shape index (κ3) is 4.60. The summed E-state index contributed by atoms with van der Waals surface area (Å²) in [5.41, 5.74) is 3.21. The molecule has 1 fully saturated rings. The molecule has 0 aliphatic heterocycles. The van der Waals surface area contributed by atoms with Gasteiger partial charge in [0.2, 0.25) is 17.7 Å². The van der Waals surface area contributed by atoms with Crippen LogP contribution in [-0.4, -0.2) is 27.0 Å². The van der Waals surface area contributed by atoms with Crippen molar-refractivity contribution in [2.75, 3.05) is 0 Å². The summed E-state index contributed by atoms with van der Waals surface area (Å²) in [6, 6.07) is 15.9.